The van der Waals surface area contributed by atoms with E-state index < -0.39 is 0 Å². The lowest BCUT2D eigenvalue weighted by Crippen LogP contribution is -2.33. The zero-order chi connectivity index (χ0) is 13.5. The van der Waals surface area contributed by atoms with Crippen LogP contribution in [0.4, 0.5) is 5.69 Å². The fraction of sp³-hybridized carbons (Fsp3) is 0.500. The first kappa shape index (κ1) is 15.4. The van der Waals surface area contributed by atoms with E-state index in [1.807, 2.05) is 11.2 Å². The Balaban J connectivity index is 3.28. The fourth-order valence-corrected chi connectivity index (χ4v) is 2.70. The van der Waals surface area contributed by atoms with Crippen molar-refractivity contribution in [1.82, 2.24) is 0 Å². The average Bonchev–Trinajstić information content (AvgIpc) is 2.43. The van der Waals surface area contributed by atoms with Crippen molar-refractivity contribution < 1.29 is 4.79 Å². The van der Waals surface area contributed by atoms with E-state index in [4.69, 9.17) is 11.6 Å². The van der Waals surface area contributed by atoms with E-state index in [1.54, 1.807) is 11.8 Å². The van der Waals surface area contributed by atoms with Crippen molar-refractivity contribution in [2.24, 2.45) is 0 Å². The monoisotopic (exact) mass is 285 g/mol. The third kappa shape index (κ3) is 3.42. The third-order valence-electron chi connectivity index (χ3n) is 2.91. The molecule has 0 saturated carbocycles. The number of amides is 1. The highest BCUT2D eigenvalue weighted by atomic mass is 35.5. The largest absolute Gasteiger partial charge is 0.301 e. The lowest BCUT2D eigenvalue weighted by Gasteiger charge is -2.26. The van der Waals surface area contributed by atoms with Crippen molar-refractivity contribution in [3.05, 3.63) is 29.3 Å². The Morgan fingerprint density at radius 2 is 1.83 bits per heavy atom. The number of thioether (sulfide) groups is 1. The Morgan fingerprint density at radius 1 is 1.28 bits per heavy atom. The van der Waals surface area contributed by atoms with Gasteiger partial charge in [-0.15, -0.1) is 23.4 Å². The number of para-hydroxylation sites is 1. The second-order valence-electron chi connectivity index (χ2n) is 4.01. The molecule has 2 nitrogen and oxygen atoms in total. The molecule has 0 saturated heterocycles. The van der Waals surface area contributed by atoms with Gasteiger partial charge in [0.25, 0.3) is 0 Å². The van der Waals surface area contributed by atoms with E-state index in [1.165, 1.54) is 11.1 Å². The molecule has 0 radical (unpaired) electrons. The Bertz CT molecular complexity index is 387. The molecule has 1 rings (SSSR count). The number of halogens is 1. The molecule has 0 aliphatic carbocycles. The normalized spacial score (nSPS) is 10.4. The van der Waals surface area contributed by atoms with Crippen molar-refractivity contribution in [3.63, 3.8) is 0 Å². The van der Waals surface area contributed by atoms with Gasteiger partial charge in [0.1, 0.15) is 5.88 Å². The molecule has 1 aromatic carbocycles. The Labute approximate surface area is 119 Å². The number of carbonyl (C=O) groups excluding carboxylic acids is 1. The molecule has 0 spiro atoms. The number of nitrogens with zero attached hydrogens (tertiary/aromatic N) is 1. The van der Waals surface area contributed by atoms with Crippen molar-refractivity contribution in [3.8, 4) is 0 Å². The third-order valence-corrected chi connectivity index (χ3v) is 3.65. The van der Waals surface area contributed by atoms with Crippen molar-refractivity contribution in [1.29, 1.82) is 0 Å². The van der Waals surface area contributed by atoms with Crippen LogP contribution in [-0.4, -0.2) is 23.9 Å². The molecule has 0 aliphatic rings. The minimum atomic E-state index is -0.0263. The van der Waals surface area contributed by atoms with Gasteiger partial charge in [0, 0.05) is 0 Å². The first-order valence-corrected chi connectivity index (χ1v) is 8.08. The molecule has 0 fully saturated rings. The number of alkyl halides is 1. The summed E-state index contributed by atoms with van der Waals surface area (Å²) in [5, 5.41) is 0. The summed E-state index contributed by atoms with van der Waals surface area (Å²) >= 11 is 7.36. The smallest absolute Gasteiger partial charge is 0.242 e. The van der Waals surface area contributed by atoms with Crippen LogP contribution in [0.25, 0.3) is 0 Å². The SMILES string of the molecule is CCc1cccc(CC)c1N(CSC)C(=O)CCl. The maximum atomic E-state index is 12.0. The van der Waals surface area contributed by atoms with Crippen LogP contribution in [0.15, 0.2) is 18.2 Å². The molecule has 0 bridgehead atoms. The maximum Gasteiger partial charge on any atom is 0.242 e. The van der Waals surface area contributed by atoms with E-state index in [9.17, 15) is 4.79 Å². The first-order chi connectivity index (χ1) is 8.69. The fourth-order valence-electron chi connectivity index (χ4n) is 2.02. The van der Waals surface area contributed by atoms with E-state index in [0.29, 0.717) is 5.88 Å². The lowest BCUT2D eigenvalue weighted by molar-refractivity contribution is -0.116. The molecule has 0 unspecified atom stereocenters. The van der Waals surface area contributed by atoms with Gasteiger partial charge < -0.3 is 4.90 Å². The predicted octanol–water partition coefficient (Wildman–Crippen LogP) is 3.70. The summed E-state index contributed by atoms with van der Waals surface area (Å²) in [5.74, 6) is 0.652. The quantitative estimate of drug-likeness (QED) is 0.587. The Kier molecular flexibility index (Phi) is 6.58. The van der Waals surface area contributed by atoms with Gasteiger partial charge in [-0.1, -0.05) is 32.0 Å². The second-order valence-corrected chi connectivity index (χ2v) is 5.11. The number of carbonyl (C=O) groups is 1. The summed E-state index contributed by atoms with van der Waals surface area (Å²) in [5.41, 5.74) is 3.48. The molecule has 100 valence electrons. The van der Waals surface area contributed by atoms with Crippen LogP contribution in [0, 0.1) is 0 Å². The van der Waals surface area contributed by atoms with E-state index in [0.717, 1.165) is 18.5 Å². The molecule has 18 heavy (non-hydrogen) atoms. The second kappa shape index (κ2) is 7.70. The van der Waals surface area contributed by atoms with E-state index in [-0.39, 0.29) is 11.8 Å². The molecule has 0 aromatic heterocycles. The summed E-state index contributed by atoms with van der Waals surface area (Å²) in [7, 11) is 0. The molecule has 0 N–H and O–H groups in total. The van der Waals surface area contributed by atoms with Crippen LogP contribution in [-0.2, 0) is 17.6 Å². The van der Waals surface area contributed by atoms with Crippen LogP contribution in [0.3, 0.4) is 0 Å². The lowest BCUT2D eigenvalue weighted by atomic mass is 10.0. The molecule has 0 heterocycles. The minimum Gasteiger partial charge on any atom is -0.301 e. The topological polar surface area (TPSA) is 20.3 Å². The van der Waals surface area contributed by atoms with Gasteiger partial charge in [0.15, 0.2) is 0 Å². The molecular weight excluding hydrogens is 266 g/mol. The molecule has 1 aromatic rings. The summed E-state index contributed by atoms with van der Waals surface area (Å²) in [6.07, 6.45) is 3.84. The highest BCUT2D eigenvalue weighted by Crippen LogP contribution is 2.28. The van der Waals surface area contributed by atoms with Gasteiger partial charge in [-0.05, 0) is 30.2 Å². The highest BCUT2D eigenvalue weighted by molar-refractivity contribution is 7.98. The van der Waals surface area contributed by atoms with Crippen molar-refractivity contribution in [2.75, 3.05) is 22.9 Å². The zero-order valence-electron chi connectivity index (χ0n) is 11.2. The molecule has 4 heteroatoms. The van der Waals surface area contributed by atoms with Crippen molar-refractivity contribution >= 4 is 35.0 Å². The van der Waals surface area contributed by atoms with Crippen LogP contribution in [0.2, 0.25) is 0 Å². The number of hydrogen-bond acceptors (Lipinski definition) is 2. The molecule has 0 aliphatic heterocycles. The van der Waals surface area contributed by atoms with Gasteiger partial charge in [-0.25, -0.2) is 0 Å². The maximum absolute atomic E-state index is 12.0. The summed E-state index contributed by atoms with van der Waals surface area (Å²) < 4.78 is 0. The van der Waals surface area contributed by atoms with Crippen molar-refractivity contribution in [2.45, 2.75) is 26.7 Å². The number of benzene rings is 1. The number of anilines is 1. The standard InChI is InChI=1S/C14H20ClNOS/c1-4-11-7-6-8-12(5-2)14(11)16(10-18-3)13(17)9-15/h6-8H,4-5,9-10H2,1-3H3. The zero-order valence-corrected chi connectivity index (χ0v) is 12.8. The van der Waals surface area contributed by atoms with E-state index in [2.05, 4.69) is 32.0 Å². The van der Waals surface area contributed by atoms with Gasteiger partial charge in [0.05, 0.1) is 11.6 Å². The van der Waals surface area contributed by atoms with Crippen LogP contribution < -0.4 is 4.90 Å². The minimum absolute atomic E-state index is 0.0263. The molecule has 0 atom stereocenters. The average molecular weight is 286 g/mol. The number of rotatable bonds is 6. The van der Waals surface area contributed by atoms with Gasteiger partial charge in [-0.3, -0.25) is 4.79 Å². The Morgan fingerprint density at radius 3 is 2.22 bits per heavy atom. The number of aryl methyl sites for hydroxylation is 2. The summed E-state index contributed by atoms with van der Waals surface area (Å²) in [6.45, 7) is 4.22. The number of hydrogen-bond donors (Lipinski definition) is 0. The Hall–Kier alpha value is -0.670. The summed E-state index contributed by atoms with van der Waals surface area (Å²) in [4.78, 5) is 13.8. The van der Waals surface area contributed by atoms with Crippen LogP contribution in [0.5, 0.6) is 0 Å². The first-order valence-electron chi connectivity index (χ1n) is 6.15. The van der Waals surface area contributed by atoms with Gasteiger partial charge in [-0.2, -0.15) is 0 Å². The summed E-state index contributed by atoms with van der Waals surface area (Å²) in [6, 6.07) is 6.23. The van der Waals surface area contributed by atoms with Crippen LogP contribution in [0.1, 0.15) is 25.0 Å². The van der Waals surface area contributed by atoms with Gasteiger partial charge >= 0.3 is 0 Å². The van der Waals surface area contributed by atoms with Crippen LogP contribution >= 0.6 is 23.4 Å². The molecule has 1 amide bonds. The highest BCUT2D eigenvalue weighted by Gasteiger charge is 2.19. The van der Waals surface area contributed by atoms with Gasteiger partial charge in [0.2, 0.25) is 5.91 Å². The predicted molar refractivity (Wildman–Crippen MR) is 81.8 cm³/mol. The molecular formula is C14H20ClNOS. The van der Waals surface area contributed by atoms with E-state index >= 15 is 0 Å².